The van der Waals surface area contributed by atoms with Crippen molar-refractivity contribution in [2.45, 2.75) is 12.6 Å². The van der Waals surface area contributed by atoms with Crippen LogP contribution < -0.4 is 10.6 Å². The second-order valence-electron chi connectivity index (χ2n) is 4.70. The number of carbonyl (C=O) groups excluding carboxylic acids is 1. The van der Waals surface area contributed by atoms with Crippen molar-refractivity contribution in [3.05, 3.63) is 63.1 Å². The minimum atomic E-state index is -0.611. The summed E-state index contributed by atoms with van der Waals surface area (Å²) in [5.41, 5.74) is 8.70. The molecule has 1 atom stereocenters. The van der Waals surface area contributed by atoms with Crippen LogP contribution in [0, 0.1) is 0 Å². The molecule has 0 fully saturated rings. The highest BCUT2D eigenvalue weighted by molar-refractivity contribution is 9.10. The van der Waals surface area contributed by atoms with Gasteiger partial charge in [-0.3, -0.25) is 4.79 Å². The van der Waals surface area contributed by atoms with Crippen molar-refractivity contribution in [2.75, 3.05) is 4.90 Å². The Morgan fingerprint density at radius 3 is 2.75 bits per heavy atom. The zero-order valence-electron chi connectivity index (χ0n) is 10.5. The number of amides is 1. The van der Waals surface area contributed by atoms with Crippen LogP contribution in [0.4, 0.5) is 5.69 Å². The minimum Gasteiger partial charge on any atom is -0.316 e. The molecule has 0 radical (unpaired) electrons. The monoisotopic (exact) mass is 350 g/mol. The first kappa shape index (κ1) is 13.6. The van der Waals surface area contributed by atoms with Crippen molar-refractivity contribution >= 4 is 39.1 Å². The number of hydrogen-bond acceptors (Lipinski definition) is 2. The highest BCUT2D eigenvalue weighted by atomic mass is 79.9. The fraction of sp³-hybridized carbons (Fsp3) is 0.133. The molecule has 2 N–H and O–H groups in total. The molecule has 0 aliphatic carbocycles. The topological polar surface area (TPSA) is 46.3 Å². The molecule has 1 amide bonds. The third kappa shape index (κ3) is 2.24. The Bertz CT molecular complexity index is 689. The van der Waals surface area contributed by atoms with Gasteiger partial charge in [0.15, 0.2) is 0 Å². The van der Waals surface area contributed by atoms with Crippen LogP contribution in [0.2, 0.25) is 5.02 Å². The molecule has 3 nitrogen and oxygen atoms in total. The molecule has 2 aromatic rings. The standard InChI is InChI=1S/C15H12BrClN2O/c16-11-5-2-6-12-13(11)14(18)15(20)19(12)8-9-3-1-4-10(17)7-9/h1-7,14H,8,18H2. The van der Waals surface area contributed by atoms with Gasteiger partial charge in [0.25, 0.3) is 0 Å². The molecule has 0 spiro atoms. The second kappa shape index (κ2) is 5.20. The molecule has 0 saturated heterocycles. The summed E-state index contributed by atoms with van der Waals surface area (Å²) in [4.78, 5) is 14.1. The van der Waals surface area contributed by atoms with E-state index in [-0.39, 0.29) is 5.91 Å². The fourth-order valence-corrected chi connectivity index (χ4v) is 3.28. The van der Waals surface area contributed by atoms with Gasteiger partial charge in [0, 0.05) is 15.1 Å². The van der Waals surface area contributed by atoms with Gasteiger partial charge >= 0.3 is 0 Å². The molecule has 1 unspecified atom stereocenters. The van der Waals surface area contributed by atoms with Crippen LogP contribution in [-0.2, 0) is 11.3 Å². The van der Waals surface area contributed by atoms with Gasteiger partial charge in [0.05, 0.1) is 12.2 Å². The maximum atomic E-state index is 12.4. The van der Waals surface area contributed by atoms with E-state index in [2.05, 4.69) is 15.9 Å². The lowest BCUT2D eigenvalue weighted by Crippen LogP contribution is -2.31. The van der Waals surface area contributed by atoms with Crippen molar-refractivity contribution in [2.24, 2.45) is 5.73 Å². The van der Waals surface area contributed by atoms with E-state index in [9.17, 15) is 4.79 Å². The van der Waals surface area contributed by atoms with E-state index in [1.165, 1.54) is 0 Å². The summed E-state index contributed by atoms with van der Waals surface area (Å²) in [6.07, 6.45) is 0. The number of nitrogens with two attached hydrogens (primary N) is 1. The van der Waals surface area contributed by atoms with E-state index in [1.807, 2.05) is 42.5 Å². The van der Waals surface area contributed by atoms with Gasteiger partial charge < -0.3 is 10.6 Å². The number of fused-ring (bicyclic) bond motifs is 1. The van der Waals surface area contributed by atoms with Gasteiger partial charge in [0.1, 0.15) is 6.04 Å². The first-order valence-corrected chi connectivity index (χ1v) is 7.35. The molecule has 0 bridgehead atoms. The van der Waals surface area contributed by atoms with Crippen LogP contribution in [0.15, 0.2) is 46.9 Å². The number of rotatable bonds is 2. The van der Waals surface area contributed by atoms with Gasteiger partial charge in [-0.1, -0.05) is 45.7 Å². The van der Waals surface area contributed by atoms with Gasteiger partial charge in [-0.2, -0.15) is 0 Å². The molecule has 1 aliphatic heterocycles. The Hall–Kier alpha value is -1.36. The molecule has 0 saturated carbocycles. The van der Waals surface area contributed by atoms with E-state index in [1.54, 1.807) is 4.90 Å². The Labute approximate surface area is 130 Å². The number of benzene rings is 2. The molecule has 0 aromatic heterocycles. The van der Waals surface area contributed by atoms with Crippen LogP contribution in [0.5, 0.6) is 0 Å². The predicted molar refractivity (Wildman–Crippen MR) is 83.7 cm³/mol. The van der Waals surface area contributed by atoms with Crippen molar-refractivity contribution in [1.82, 2.24) is 0 Å². The molecule has 2 aromatic carbocycles. The van der Waals surface area contributed by atoms with Gasteiger partial charge in [-0.15, -0.1) is 0 Å². The Morgan fingerprint density at radius 1 is 1.25 bits per heavy atom. The second-order valence-corrected chi connectivity index (χ2v) is 6.00. The quantitative estimate of drug-likeness (QED) is 0.897. The summed E-state index contributed by atoms with van der Waals surface area (Å²) in [5, 5.41) is 0.660. The first-order valence-electron chi connectivity index (χ1n) is 6.18. The highest BCUT2D eigenvalue weighted by Gasteiger charge is 2.36. The van der Waals surface area contributed by atoms with Crippen LogP contribution in [0.3, 0.4) is 0 Å². The maximum absolute atomic E-state index is 12.4. The third-order valence-corrected chi connectivity index (χ3v) is 4.32. The molecular weight excluding hydrogens is 340 g/mol. The Balaban J connectivity index is 2.00. The SMILES string of the molecule is NC1C(=O)N(Cc2cccc(Cl)c2)c2cccc(Br)c21. The lowest BCUT2D eigenvalue weighted by molar-refractivity contribution is -0.119. The smallest absolute Gasteiger partial charge is 0.248 e. The molecule has 1 aliphatic rings. The summed E-state index contributed by atoms with van der Waals surface area (Å²) in [7, 11) is 0. The summed E-state index contributed by atoms with van der Waals surface area (Å²) in [6.45, 7) is 0.469. The lowest BCUT2D eigenvalue weighted by atomic mass is 10.1. The summed E-state index contributed by atoms with van der Waals surface area (Å²) in [5.74, 6) is -0.0909. The number of nitrogens with zero attached hydrogens (tertiary/aromatic N) is 1. The average Bonchev–Trinajstić information content (AvgIpc) is 2.65. The molecular formula is C15H12BrClN2O. The van der Waals surface area contributed by atoms with Crippen LogP contribution in [-0.4, -0.2) is 5.91 Å². The van der Waals surface area contributed by atoms with E-state index < -0.39 is 6.04 Å². The number of hydrogen-bond donors (Lipinski definition) is 1. The molecule has 20 heavy (non-hydrogen) atoms. The molecule has 3 rings (SSSR count). The largest absolute Gasteiger partial charge is 0.316 e. The van der Waals surface area contributed by atoms with Gasteiger partial charge in [0.2, 0.25) is 5.91 Å². The van der Waals surface area contributed by atoms with Crippen molar-refractivity contribution in [3.63, 3.8) is 0 Å². The maximum Gasteiger partial charge on any atom is 0.248 e. The highest BCUT2D eigenvalue weighted by Crippen LogP contribution is 2.40. The molecule has 5 heteroatoms. The minimum absolute atomic E-state index is 0.0909. The molecule has 102 valence electrons. The van der Waals surface area contributed by atoms with E-state index in [0.717, 1.165) is 21.3 Å². The van der Waals surface area contributed by atoms with E-state index in [4.69, 9.17) is 17.3 Å². The number of halogens is 2. The number of anilines is 1. The van der Waals surface area contributed by atoms with Crippen LogP contribution >= 0.6 is 27.5 Å². The van der Waals surface area contributed by atoms with Crippen molar-refractivity contribution in [1.29, 1.82) is 0 Å². The lowest BCUT2D eigenvalue weighted by Gasteiger charge is -2.18. The predicted octanol–water partition coefficient (Wildman–Crippen LogP) is 3.65. The zero-order valence-corrected chi connectivity index (χ0v) is 12.9. The van der Waals surface area contributed by atoms with Gasteiger partial charge in [-0.25, -0.2) is 0 Å². The van der Waals surface area contributed by atoms with E-state index in [0.29, 0.717) is 11.6 Å². The normalized spacial score (nSPS) is 17.4. The molecule has 1 heterocycles. The summed E-state index contributed by atoms with van der Waals surface area (Å²) >= 11 is 9.44. The van der Waals surface area contributed by atoms with E-state index >= 15 is 0 Å². The number of carbonyl (C=O) groups is 1. The third-order valence-electron chi connectivity index (χ3n) is 3.39. The van der Waals surface area contributed by atoms with Gasteiger partial charge in [-0.05, 0) is 29.8 Å². The Morgan fingerprint density at radius 2 is 2.00 bits per heavy atom. The van der Waals surface area contributed by atoms with Crippen LogP contribution in [0.1, 0.15) is 17.2 Å². The fourth-order valence-electron chi connectivity index (χ4n) is 2.46. The Kier molecular flexibility index (Phi) is 3.54. The van der Waals surface area contributed by atoms with Crippen LogP contribution in [0.25, 0.3) is 0 Å². The first-order chi connectivity index (χ1) is 9.58. The summed E-state index contributed by atoms with van der Waals surface area (Å²) in [6, 6.07) is 12.6. The summed E-state index contributed by atoms with van der Waals surface area (Å²) < 4.78 is 0.865. The van der Waals surface area contributed by atoms with Crippen molar-refractivity contribution < 1.29 is 4.79 Å². The average molecular weight is 352 g/mol. The van der Waals surface area contributed by atoms with Crippen molar-refractivity contribution in [3.8, 4) is 0 Å². The zero-order chi connectivity index (χ0) is 14.3.